The number of methoxy groups -OCH3 is 1. The van der Waals surface area contributed by atoms with Crippen LogP contribution in [0.4, 0.5) is 0 Å². The molecular weight excluding hydrogens is 447 g/mol. The number of carbonyl (C=O) groups excluding carboxylic acids is 1. The molecule has 67 valence electrons. The molecule has 1 rings (SSSR count). The average molecular weight is 454 g/mol. The Labute approximate surface area is 107 Å². The van der Waals surface area contributed by atoms with Gasteiger partial charge in [0.05, 0.1) is 12.7 Å². The van der Waals surface area contributed by atoms with Crippen molar-refractivity contribution in [3.8, 4) is 0 Å². The first kappa shape index (κ1) is 13.8. The Balaban J connectivity index is 0.000000424. The normalized spacial score (nSPS) is 7.62. The topological polar surface area (TPSA) is 26.3 Å². The van der Waals surface area contributed by atoms with Gasteiger partial charge < -0.3 is 4.74 Å². The van der Waals surface area contributed by atoms with E-state index in [0.717, 1.165) is 0 Å². The molecule has 0 fully saturated rings. The van der Waals surface area contributed by atoms with E-state index in [0.29, 0.717) is 5.56 Å². The number of esters is 1. The maximum atomic E-state index is 10.8. The van der Waals surface area contributed by atoms with E-state index in [1.165, 1.54) is 7.11 Å². The molecule has 0 N–H and O–H groups in total. The van der Waals surface area contributed by atoms with Gasteiger partial charge >= 0.3 is 55.6 Å². The number of halogens is 2. The van der Waals surface area contributed by atoms with Gasteiger partial charge in [0.25, 0.3) is 0 Å². The summed E-state index contributed by atoms with van der Waals surface area (Å²) in [5.41, 5.74) is 0.463. The van der Waals surface area contributed by atoms with E-state index in [1.807, 2.05) is 0 Å². The number of carbonyl (C=O) groups is 1. The Morgan fingerprint density at radius 2 is 2.15 bits per heavy atom. The van der Waals surface area contributed by atoms with Crippen molar-refractivity contribution in [2.75, 3.05) is 7.11 Å². The second-order valence-corrected chi connectivity index (χ2v) is 25.4. The van der Waals surface area contributed by atoms with Crippen LogP contribution in [0, 0.1) is 6.07 Å². The molecule has 0 bridgehead atoms. The quantitative estimate of drug-likeness (QED) is 0.371. The summed E-state index contributed by atoms with van der Waals surface area (Å²) in [6.07, 6.45) is 0. The van der Waals surface area contributed by atoms with Crippen molar-refractivity contribution < 1.29 is 19.6 Å². The third-order valence-electron chi connectivity index (χ3n) is 1.11. The van der Waals surface area contributed by atoms with Crippen LogP contribution < -0.4 is 0 Å². The first-order valence-corrected chi connectivity index (χ1v) is 21.5. The van der Waals surface area contributed by atoms with Gasteiger partial charge in [0.2, 0.25) is 0 Å². The summed E-state index contributed by atoms with van der Waals surface area (Å²) in [4.78, 5) is 10.8. The molecule has 0 spiro atoms. The number of benzene rings is 1. The van der Waals surface area contributed by atoms with E-state index in [9.17, 15) is 4.79 Å². The number of ether oxygens (including phenoxy) is 1. The molecule has 0 atom stereocenters. The zero-order chi connectivity index (χ0) is 10.1. The van der Waals surface area contributed by atoms with Gasteiger partial charge in [-0.05, 0) is 12.1 Å². The van der Waals surface area contributed by atoms with Gasteiger partial charge in [0.15, 0.2) is 0 Å². The van der Waals surface area contributed by atoms with Crippen LogP contribution in [-0.4, -0.2) is 13.1 Å². The SMILES string of the molecule is COC(=O)c1[c]cccc1.[I][Zn][I]. The zero-order valence-electron chi connectivity index (χ0n) is 7.09. The number of hydrogen-bond acceptors (Lipinski definition) is 2. The fourth-order valence-corrected chi connectivity index (χ4v) is 0.630. The fraction of sp³-hybridized carbons (Fsp3) is 0.125. The predicted molar refractivity (Wildman–Crippen MR) is 64.7 cm³/mol. The van der Waals surface area contributed by atoms with Crippen molar-refractivity contribution in [2.45, 2.75) is 0 Å². The Morgan fingerprint density at radius 1 is 1.54 bits per heavy atom. The minimum absolute atomic E-state index is 0.0650. The van der Waals surface area contributed by atoms with Crippen molar-refractivity contribution >= 4 is 45.5 Å². The van der Waals surface area contributed by atoms with Gasteiger partial charge in [0, 0.05) is 0 Å². The standard InChI is InChI=1S/C8H7O2.2HI.Zn/c1-10-8(9)7-5-3-2-4-6-7;;;/h2-5H,1H3;2*1H;/q;;;+2/p-2. The van der Waals surface area contributed by atoms with Crippen LogP contribution in [0.25, 0.3) is 0 Å². The molecule has 0 aliphatic rings. The van der Waals surface area contributed by atoms with Crippen molar-refractivity contribution in [1.29, 1.82) is 0 Å². The Morgan fingerprint density at radius 3 is 2.54 bits per heavy atom. The molecular formula is C8H7I2O2Zn. The summed E-state index contributed by atoms with van der Waals surface area (Å²) in [6.45, 7) is 0. The van der Waals surface area contributed by atoms with E-state index in [2.05, 4.69) is 50.3 Å². The molecule has 0 saturated carbocycles. The van der Waals surface area contributed by atoms with Gasteiger partial charge in [-0.15, -0.1) is 0 Å². The Bertz CT molecular complexity index is 241. The number of rotatable bonds is 1. The minimum atomic E-state index is -0.347. The van der Waals surface area contributed by atoms with Gasteiger partial charge in [-0.3, -0.25) is 0 Å². The molecule has 13 heavy (non-hydrogen) atoms. The zero-order valence-corrected chi connectivity index (χ0v) is 14.4. The molecule has 0 unspecified atom stereocenters. The third kappa shape index (κ3) is 6.79. The average Bonchev–Trinajstić information content (AvgIpc) is 2.19. The van der Waals surface area contributed by atoms with E-state index >= 15 is 0 Å². The van der Waals surface area contributed by atoms with Crippen molar-refractivity contribution in [3.05, 3.63) is 35.9 Å². The first-order chi connectivity index (χ1) is 6.26. The molecule has 0 aliphatic carbocycles. The van der Waals surface area contributed by atoms with Gasteiger partial charge in [0.1, 0.15) is 0 Å². The molecule has 1 radical (unpaired) electrons. The van der Waals surface area contributed by atoms with Crippen LogP contribution >= 0.6 is 39.5 Å². The van der Waals surface area contributed by atoms with Crippen molar-refractivity contribution in [1.82, 2.24) is 0 Å². The van der Waals surface area contributed by atoms with Crippen LogP contribution in [0.3, 0.4) is 0 Å². The van der Waals surface area contributed by atoms with Gasteiger partial charge in [-0.2, -0.15) is 0 Å². The van der Waals surface area contributed by atoms with E-state index in [4.69, 9.17) is 0 Å². The molecule has 0 aliphatic heterocycles. The van der Waals surface area contributed by atoms with Crippen molar-refractivity contribution in [2.24, 2.45) is 0 Å². The molecule has 1 aromatic carbocycles. The van der Waals surface area contributed by atoms with E-state index < -0.39 is 0 Å². The van der Waals surface area contributed by atoms with Crippen LogP contribution in [0.15, 0.2) is 24.3 Å². The summed E-state index contributed by atoms with van der Waals surface area (Å²) < 4.78 is 4.47. The Hall–Kier alpha value is 0.773. The summed E-state index contributed by atoms with van der Waals surface area (Å²) in [5.74, 6) is -0.347. The second kappa shape index (κ2) is 9.33. The monoisotopic (exact) mass is 453 g/mol. The summed E-state index contributed by atoms with van der Waals surface area (Å²) in [7, 11) is 1.42. The van der Waals surface area contributed by atoms with E-state index in [1.54, 1.807) is 24.3 Å². The Kier molecular flexibility index (Phi) is 9.89. The van der Waals surface area contributed by atoms with Crippen LogP contribution in [-0.2, 0) is 14.8 Å². The summed E-state index contributed by atoms with van der Waals surface area (Å²) in [5, 5.41) is 0. The second-order valence-electron chi connectivity index (χ2n) is 1.87. The van der Waals surface area contributed by atoms with Gasteiger partial charge in [-0.1, -0.05) is 18.2 Å². The summed E-state index contributed by atoms with van der Waals surface area (Å²) >= 11 is 4.93. The molecule has 5 heteroatoms. The van der Waals surface area contributed by atoms with E-state index in [-0.39, 0.29) is 16.1 Å². The van der Waals surface area contributed by atoms with Crippen LogP contribution in [0.5, 0.6) is 0 Å². The molecule has 0 amide bonds. The molecule has 2 nitrogen and oxygen atoms in total. The van der Waals surface area contributed by atoms with Crippen LogP contribution in [0.1, 0.15) is 10.4 Å². The molecule has 0 aromatic heterocycles. The van der Waals surface area contributed by atoms with Crippen LogP contribution in [0.2, 0.25) is 0 Å². The van der Waals surface area contributed by atoms with Crippen molar-refractivity contribution in [3.63, 3.8) is 0 Å². The summed E-state index contributed by atoms with van der Waals surface area (Å²) in [6, 6.07) is 9.64. The molecule has 0 saturated heterocycles. The maximum absolute atomic E-state index is 10.8. The van der Waals surface area contributed by atoms with Gasteiger partial charge in [-0.25, -0.2) is 4.79 Å². The number of hydrogen-bond donors (Lipinski definition) is 0. The molecule has 0 heterocycles. The third-order valence-corrected chi connectivity index (χ3v) is 1.11. The molecule has 1 aromatic rings. The fourth-order valence-electron chi connectivity index (χ4n) is 0.630. The predicted octanol–water partition coefficient (Wildman–Crippen LogP) is 3.04. The first-order valence-electron chi connectivity index (χ1n) is 3.43.